The van der Waals surface area contributed by atoms with Gasteiger partial charge in [-0.25, -0.2) is 4.79 Å². The monoisotopic (exact) mass is 431 g/mol. The number of anilines is 2. The van der Waals surface area contributed by atoms with Crippen LogP contribution in [0.5, 0.6) is 11.5 Å². The molecule has 0 aliphatic carbocycles. The minimum atomic E-state index is -0.406. The number of methoxy groups -OCH3 is 1. The highest BCUT2D eigenvalue weighted by Crippen LogP contribution is 2.32. The molecule has 0 saturated heterocycles. The van der Waals surface area contributed by atoms with Crippen LogP contribution in [-0.4, -0.2) is 23.3 Å². The fraction of sp³-hybridized carbons (Fsp3) is 0.125. The van der Waals surface area contributed by atoms with Gasteiger partial charge in [0.1, 0.15) is 16.5 Å². The lowest BCUT2D eigenvalue weighted by Gasteiger charge is -2.08. The molecule has 0 unspecified atom stereocenters. The van der Waals surface area contributed by atoms with Gasteiger partial charge >= 0.3 is 5.97 Å². The summed E-state index contributed by atoms with van der Waals surface area (Å²) in [7, 11) is 1.35. The van der Waals surface area contributed by atoms with Gasteiger partial charge < -0.3 is 14.8 Å². The van der Waals surface area contributed by atoms with Crippen molar-refractivity contribution in [3.8, 4) is 22.1 Å². The molecule has 1 aromatic heterocycles. The first kappa shape index (κ1) is 20.6. The molecular weight excluding hydrogens is 410 g/mol. The fourth-order valence-electron chi connectivity index (χ4n) is 2.97. The maximum Gasteiger partial charge on any atom is 0.337 e. The highest BCUT2D eigenvalue weighted by atomic mass is 32.1. The van der Waals surface area contributed by atoms with E-state index in [0.29, 0.717) is 17.1 Å². The van der Waals surface area contributed by atoms with Crippen molar-refractivity contribution in [1.82, 2.24) is 10.2 Å². The van der Waals surface area contributed by atoms with E-state index in [9.17, 15) is 4.79 Å². The molecule has 0 aliphatic heterocycles. The Morgan fingerprint density at radius 2 is 1.68 bits per heavy atom. The summed E-state index contributed by atoms with van der Waals surface area (Å²) in [6.07, 6.45) is 0. The molecule has 0 amide bonds. The van der Waals surface area contributed by atoms with Gasteiger partial charge in [-0.3, -0.25) is 0 Å². The number of aromatic nitrogens is 2. The second-order valence-corrected chi connectivity index (χ2v) is 7.96. The van der Waals surface area contributed by atoms with Crippen molar-refractivity contribution in [3.63, 3.8) is 0 Å². The number of hydrogen-bond acceptors (Lipinski definition) is 7. The zero-order valence-electron chi connectivity index (χ0n) is 17.4. The van der Waals surface area contributed by atoms with Crippen molar-refractivity contribution in [3.05, 3.63) is 83.4 Å². The molecule has 0 radical (unpaired) electrons. The fourth-order valence-corrected chi connectivity index (χ4v) is 3.73. The highest BCUT2D eigenvalue weighted by molar-refractivity contribution is 7.18. The quantitative estimate of drug-likeness (QED) is 0.369. The van der Waals surface area contributed by atoms with Crippen LogP contribution in [-0.2, 0) is 4.74 Å². The third-order valence-electron chi connectivity index (χ3n) is 4.76. The van der Waals surface area contributed by atoms with E-state index in [1.54, 1.807) is 24.3 Å². The second kappa shape index (κ2) is 8.97. The van der Waals surface area contributed by atoms with Gasteiger partial charge in [0.05, 0.1) is 12.7 Å². The number of hydrogen-bond donors (Lipinski definition) is 1. The lowest BCUT2D eigenvalue weighted by Crippen LogP contribution is -2.00. The lowest BCUT2D eigenvalue weighted by molar-refractivity contribution is 0.0600. The zero-order valence-corrected chi connectivity index (χ0v) is 18.2. The van der Waals surface area contributed by atoms with E-state index in [4.69, 9.17) is 9.47 Å². The molecule has 4 rings (SSSR count). The van der Waals surface area contributed by atoms with Crippen molar-refractivity contribution in [2.75, 3.05) is 12.4 Å². The van der Waals surface area contributed by atoms with Crippen molar-refractivity contribution in [2.24, 2.45) is 0 Å². The third kappa shape index (κ3) is 4.90. The van der Waals surface area contributed by atoms with Gasteiger partial charge in [0.15, 0.2) is 0 Å². The van der Waals surface area contributed by atoms with Gasteiger partial charge in [-0.2, -0.15) is 0 Å². The average molecular weight is 432 g/mol. The molecule has 0 atom stereocenters. The largest absolute Gasteiger partial charge is 0.465 e. The van der Waals surface area contributed by atoms with Gasteiger partial charge in [-0.05, 0) is 67.4 Å². The zero-order chi connectivity index (χ0) is 21.8. The highest BCUT2D eigenvalue weighted by Gasteiger charge is 2.10. The third-order valence-corrected chi connectivity index (χ3v) is 5.64. The van der Waals surface area contributed by atoms with Crippen molar-refractivity contribution < 1.29 is 14.3 Å². The molecule has 0 spiro atoms. The summed E-state index contributed by atoms with van der Waals surface area (Å²) in [6.45, 7) is 4.17. The van der Waals surface area contributed by atoms with E-state index in [1.807, 2.05) is 30.3 Å². The van der Waals surface area contributed by atoms with Crippen LogP contribution in [0.1, 0.15) is 21.5 Å². The number of nitrogens with one attached hydrogen (secondary N) is 1. The number of rotatable bonds is 6. The predicted octanol–water partition coefficient (Wildman–Crippen LogP) is 6.14. The van der Waals surface area contributed by atoms with E-state index in [2.05, 4.69) is 41.5 Å². The maximum atomic E-state index is 11.7. The Hall–Kier alpha value is -3.71. The molecule has 6 nitrogen and oxygen atoms in total. The van der Waals surface area contributed by atoms with Crippen LogP contribution >= 0.6 is 11.3 Å². The molecular formula is C24H21N3O3S. The van der Waals surface area contributed by atoms with Crippen molar-refractivity contribution in [1.29, 1.82) is 0 Å². The van der Waals surface area contributed by atoms with E-state index in [1.165, 1.54) is 29.6 Å². The standard InChI is InChI=1S/C24H21N3O3S/c1-15-10-11-19(12-16(15)2)25-24-27-26-22(31-24)17-6-4-8-20(13-17)30-21-9-5-7-18(14-21)23(28)29-3/h4-14H,1-3H3,(H,25,27). The smallest absolute Gasteiger partial charge is 0.337 e. The van der Waals surface area contributed by atoms with Crippen LogP contribution in [0.25, 0.3) is 10.6 Å². The Morgan fingerprint density at radius 1 is 0.903 bits per heavy atom. The Balaban J connectivity index is 1.51. The van der Waals surface area contributed by atoms with Crippen molar-refractivity contribution >= 4 is 28.1 Å². The number of carbonyl (C=O) groups is 1. The Bertz CT molecular complexity index is 1240. The number of ether oxygens (including phenoxy) is 2. The first-order valence-electron chi connectivity index (χ1n) is 9.66. The Morgan fingerprint density at radius 3 is 2.45 bits per heavy atom. The van der Waals surface area contributed by atoms with Gasteiger partial charge in [-0.15, -0.1) is 10.2 Å². The van der Waals surface area contributed by atoms with Crippen LogP contribution in [0.3, 0.4) is 0 Å². The molecule has 1 heterocycles. The summed E-state index contributed by atoms with van der Waals surface area (Å²) < 4.78 is 10.7. The molecule has 0 fully saturated rings. The summed E-state index contributed by atoms with van der Waals surface area (Å²) in [6, 6.07) is 20.7. The predicted molar refractivity (Wildman–Crippen MR) is 122 cm³/mol. The maximum absolute atomic E-state index is 11.7. The molecule has 0 bridgehead atoms. The van der Waals surface area contributed by atoms with Gasteiger partial charge in [0, 0.05) is 11.3 Å². The molecule has 0 saturated carbocycles. The molecule has 1 N–H and O–H groups in total. The first-order valence-corrected chi connectivity index (χ1v) is 10.5. The summed E-state index contributed by atoms with van der Waals surface area (Å²) in [5, 5.41) is 13.4. The van der Waals surface area contributed by atoms with E-state index < -0.39 is 5.97 Å². The van der Waals surface area contributed by atoms with E-state index >= 15 is 0 Å². The number of benzene rings is 3. The first-order chi connectivity index (χ1) is 15.0. The second-order valence-electron chi connectivity index (χ2n) is 6.99. The molecule has 4 aromatic rings. The minimum absolute atomic E-state index is 0.406. The Kier molecular flexibility index (Phi) is 5.95. The lowest BCUT2D eigenvalue weighted by atomic mass is 10.1. The molecule has 31 heavy (non-hydrogen) atoms. The molecule has 0 aliphatic rings. The summed E-state index contributed by atoms with van der Waals surface area (Å²) in [5.74, 6) is 0.782. The van der Waals surface area contributed by atoms with Gasteiger partial charge in [0.2, 0.25) is 5.13 Å². The minimum Gasteiger partial charge on any atom is -0.465 e. The summed E-state index contributed by atoms with van der Waals surface area (Å²) >= 11 is 1.47. The van der Waals surface area contributed by atoms with Crippen molar-refractivity contribution in [2.45, 2.75) is 13.8 Å². The number of nitrogens with zero attached hydrogens (tertiary/aromatic N) is 2. The average Bonchev–Trinajstić information content (AvgIpc) is 3.25. The normalized spacial score (nSPS) is 10.5. The van der Waals surface area contributed by atoms with E-state index in [0.717, 1.165) is 21.4 Å². The molecule has 156 valence electrons. The molecule has 3 aromatic carbocycles. The van der Waals surface area contributed by atoms with E-state index in [-0.39, 0.29) is 0 Å². The number of aryl methyl sites for hydroxylation is 2. The topological polar surface area (TPSA) is 73.3 Å². The van der Waals surface area contributed by atoms with Gasteiger partial charge in [-0.1, -0.05) is 35.6 Å². The van der Waals surface area contributed by atoms with Crippen LogP contribution in [0.4, 0.5) is 10.8 Å². The number of esters is 1. The van der Waals surface area contributed by atoms with Gasteiger partial charge in [0.25, 0.3) is 0 Å². The van der Waals surface area contributed by atoms with Crippen LogP contribution in [0.2, 0.25) is 0 Å². The SMILES string of the molecule is COC(=O)c1cccc(Oc2cccc(-c3nnc(Nc4ccc(C)c(C)c4)s3)c2)c1. The number of carbonyl (C=O) groups excluding carboxylic acids is 1. The van der Waals surface area contributed by atoms with Crippen LogP contribution in [0.15, 0.2) is 66.7 Å². The summed E-state index contributed by atoms with van der Waals surface area (Å²) in [4.78, 5) is 11.7. The Labute approximate surface area is 184 Å². The summed E-state index contributed by atoms with van der Waals surface area (Å²) in [5.41, 5.74) is 4.77. The van der Waals surface area contributed by atoms with Crippen LogP contribution in [0, 0.1) is 13.8 Å². The molecule has 7 heteroatoms. The van der Waals surface area contributed by atoms with Crippen LogP contribution < -0.4 is 10.1 Å².